The van der Waals surface area contributed by atoms with Crippen LogP contribution < -0.4 is 5.32 Å². The number of rotatable bonds is 7. The lowest BCUT2D eigenvalue weighted by Gasteiger charge is -2.34. The molecule has 148 valence electrons. The molecule has 0 radical (unpaired) electrons. The van der Waals surface area contributed by atoms with Gasteiger partial charge in [0.05, 0.1) is 17.2 Å². The van der Waals surface area contributed by atoms with Gasteiger partial charge in [0, 0.05) is 44.6 Å². The molecular formula is C21H26N4O2S. The van der Waals surface area contributed by atoms with Crippen LogP contribution in [0.4, 0.5) is 5.69 Å². The van der Waals surface area contributed by atoms with Gasteiger partial charge in [0.15, 0.2) is 0 Å². The fourth-order valence-electron chi connectivity index (χ4n) is 3.03. The van der Waals surface area contributed by atoms with Crippen LogP contribution in [-0.4, -0.2) is 64.3 Å². The average Bonchev–Trinajstić information content (AvgIpc) is 2.71. The summed E-state index contributed by atoms with van der Waals surface area (Å²) in [5, 5.41) is 2.85. The standard InChI is InChI=1S/C21H26N4O2S/c1-17-5-7-18(8-6-17)23-20(26)15-28-16-21(27)25-12-10-24(11-13-25)14-19-4-2-3-9-22-19/h2-9H,10-16H2,1H3,(H,23,26). The summed E-state index contributed by atoms with van der Waals surface area (Å²) in [6.45, 7) is 5.97. The Balaban J connectivity index is 1.33. The molecule has 0 unspecified atom stereocenters. The molecule has 2 amide bonds. The van der Waals surface area contributed by atoms with Gasteiger partial charge in [-0.1, -0.05) is 23.8 Å². The molecule has 6 nitrogen and oxygen atoms in total. The van der Waals surface area contributed by atoms with Gasteiger partial charge in [0.1, 0.15) is 0 Å². The third-order valence-corrected chi connectivity index (χ3v) is 5.55. The number of pyridine rings is 1. The summed E-state index contributed by atoms with van der Waals surface area (Å²) < 4.78 is 0. The highest BCUT2D eigenvalue weighted by molar-refractivity contribution is 8.00. The van der Waals surface area contributed by atoms with Crippen molar-refractivity contribution in [2.45, 2.75) is 13.5 Å². The molecule has 28 heavy (non-hydrogen) atoms. The van der Waals surface area contributed by atoms with Crippen LogP contribution >= 0.6 is 11.8 Å². The topological polar surface area (TPSA) is 65.5 Å². The van der Waals surface area contributed by atoms with Crippen LogP contribution in [0.2, 0.25) is 0 Å². The first-order chi connectivity index (χ1) is 13.6. The monoisotopic (exact) mass is 398 g/mol. The van der Waals surface area contributed by atoms with Crippen LogP contribution in [0.25, 0.3) is 0 Å². The molecule has 1 aromatic heterocycles. The van der Waals surface area contributed by atoms with E-state index in [1.165, 1.54) is 11.8 Å². The molecule has 7 heteroatoms. The number of nitrogens with zero attached hydrogens (tertiary/aromatic N) is 3. The van der Waals surface area contributed by atoms with Gasteiger partial charge in [-0.3, -0.25) is 19.5 Å². The van der Waals surface area contributed by atoms with Crippen molar-refractivity contribution < 1.29 is 9.59 Å². The van der Waals surface area contributed by atoms with Crippen LogP contribution in [0.5, 0.6) is 0 Å². The minimum atomic E-state index is -0.0816. The molecule has 0 atom stereocenters. The van der Waals surface area contributed by atoms with E-state index in [4.69, 9.17) is 0 Å². The predicted octanol–water partition coefficient (Wildman–Crippen LogP) is 2.41. The summed E-state index contributed by atoms with van der Waals surface area (Å²) >= 11 is 1.36. The minimum absolute atomic E-state index is 0.0816. The molecule has 0 saturated carbocycles. The van der Waals surface area contributed by atoms with E-state index in [1.807, 2.05) is 54.3 Å². The van der Waals surface area contributed by atoms with Crippen LogP contribution in [0.3, 0.4) is 0 Å². The van der Waals surface area contributed by atoms with E-state index in [1.54, 1.807) is 6.20 Å². The normalized spacial score (nSPS) is 14.7. The number of thioether (sulfide) groups is 1. The molecule has 2 aromatic rings. The molecule has 1 aliphatic heterocycles. The zero-order chi connectivity index (χ0) is 19.8. The number of piperazine rings is 1. The number of nitrogens with one attached hydrogen (secondary N) is 1. The molecule has 0 bridgehead atoms. The zero-order valence-electron chi connectivity index (χ0n) is 16.1. The second-order valence-electron chi connectivity index (χ2n) is 6.89. The van der Waals surface area contributed by atoms with Gasteiger partial charge >= 0.3 is 0 Å². The summed E-state index contributed by atoms with van der Waals surface area (Å²) in [7, 11) is 0. The van der Waals surface area contributed by atoms with Gasteiger partial charge in [-0.15, -0.1) is 11.8 Å². The number of aryl methyl sites for hydroxylation is 1. The first kappa shape index (κ1) is 20.4. The summed E-state index contributed by atoms with van der Waals surface area (Å²) in [5.41, 5.74) is 2.99. The maximum Gasteiger partial charge on any atom is 0.234 e. The maximum atomic E-state index is 12.4. The summed E-state index contributed by atoms with van der Waals surface area (Å²) in [5.74, 6) is 0.633. The number of aromatic nitrogens is 1. The molecular weight excluding hydrogens is 372 g/mol. The van der Waals surface area contributed by atoms with Gasteiger partial charge in [-0.2, -0.15) is 0 Å². The first-order valence-corrected chi connectivity index (χ1v) is 10.6. The minimum Gasteiger partial charge on any atom is -0.339 e. The van der Waals surface area contributed by atoms with Crippen molar-refractivity contribution >= 4 is 29.3 Å². The quantitative estimate of drug-likeness (QED) is 0.776. The van der Waals surface area contributed by atoms with Gasteiger partial charge in [-0.25, -0.2) is 0 Å². The largest absolute Gasteiger partial charge is 0.339 e. The Morgan fingerprint density at radius 1 is 1.04 bits per heavy atom. The predicted molar refractivity (Wildman–Crippen MR) is 113 cm³/mol. The Morgan fingerprint density at radius 3 is 2.46 bits per heavy atom. The molecule has 1 aliphatic rings. The lowest BCUT2D eigenvalue weighted by Crippen LogP contribution is -2.48. The van der Waals surface area contributed by atoms with Gasteiger partial charge in [0.2, 0.25) is 11.8 Å². The number of anilines is 1. The van der Waals surface area contributed by atoms with Crippen LogP contribution in [-0.2, 0) is 16.1 Å². The molecule has 1 saturated heterocycles. The van der Waals surface area contributed by atoms with E-state index in [2.05, 4.69) is 15.2 Å². The molecule has 0 aliphatic carbocycles. The van der Waals surface area contributed by atoms with Crippen LogP contribution in [0.1, 0.15) is 11.3 Å². The lowest BCUT2D eigenvalue weighted by atomic mass is 10.2. The number of amides is 2. The highest BCUT2D eigenvalue weighted by Crippen LogP contribution is 2.12. The molecule has 3 rings (SSSR count). The number of carbonyl (C=O) groups excluding carboxylic acids is 2. The summed E-state index contributed by atoms with van der Waals surface area (Å²) in [6.07, 6.45) is 1.81. The van der Waals surface area contributed by atoms with E-state index in [0.717, 1.165) is 49.7 Å². The second-order valence-corrected chi connectivity index (χ2v) is 7.87. The SMILES string of the molecule is Cc1ccc(NC(=O)CSCC(=O)N2CCN(Cc3ccccn3)CC2)cc1. The van der Waals surface area contributed by atoms with E-state index in [9.17, 15) is 9.59 Å². The Labute approximate surface area is 170 Å². The summed E-state index contributed by atoms with van der Waals surface area (Å²) in [6, 6.07) is 13.6. The number of hydrogen-bond donors (Lipinski definition) is 1. The Bertz CT molecular complexity index is 775. The van der Waals surface area contributed by atoms with Crippen molar-refractivity contribution in [3.8, 4) is 0 Å². The van der Waals surface area contributed by atoms with E-state index in [0.29, 0.717) is 5.75 Å². The fourth-order valence-corrected chi connectivity index (χ4v) is 3.75. The Hall–Kier alpha value is -2.38. The zero-order valence-corrected chi connectivity index (χ0v) is 17.0. The average molecular weight is 399 g/mol. The highest BCUT2D eigenvalue weighted by Gasteiger charge is 2.21. The number of carbonyl (C=O) groups is 2. The molecule has 0 spiro atoms. The van der Waals surface area contributed by atoms with E-state index < -0.39 is 0 Å². The Morgan fingerprint density at radius 2 is 1.79 bits per heavy atom. The van der Waals surface area contributed by atoms with E-state index >= 15 is 0 Å². The third kappa shape index (κ3) is 6.35. The Kier molecular flexibility index (Phi) is 7.45. The van der Waals surface area contributed by atoms with Gasteiger partial charge < -0.3 is 10.2 Å². The van der Waals surface area contributed by atoms with Crippen molar-refractivity contribution in [3.05, 3.63) is 59.9 Å². The number of benzene rings is 1. The molecule has 1 fully saturated rings. The third-order valence-electron chi connectivity index (χ3n) is 4.63. The molecule has 2 heterocycles. The van der Waals surface area contributed by atoms with Crippen molar-refractivity contribution in [1.29, 1.82) is 0 Å². The van der Waals surface area contributed by atoms with Crippen molar-refractivity contribution in [2.24, 2.45) is 0 Å². The number of hydrogen-bond acceptors (Lipinski definition) is 5. The summed E-state index contributed by atoms with van der Waals surface area (Å²) in [4.78, 5) is 32.9. The van der Waals surface area contributed by atoms with Crippen LogP contribution in [0, 0.1) is 6.92 Å². The van der Waals surface area contributed by atoms with Crippen LogP contribution in [0.15, 0.2) is 48.7 Å². The second kappa shape index (κ2) is 10.2. The smallest absolute Gasteiger partial charge is 0.234 e. The van der Waals surface area contributed by atoms with Gasteiger partial charge in [0.25, 0.3) is 0 Å². The van der Waals surface area contributed by atoms with E-state index in [-0.39, 0.29) is 17.6 Å². The van der Waals surface area contributed by atoms with Crippen molar-refractivity contribution in [3.63, 3.8) is 0 Å². The molecule has 1 N–H and O–H groups in total. The lowest BCUT2D eigenvalue weighted by molar-refractivity contribution is -0.130. The first-order valence-electron chi connectivity index (χ1n) is 9.44. The maximum absolute atomic E-state index is 12.4. The van der Waals surface area contributed by atoms with Gasteiger partial charge in [-0.05, 0) is 31.2 Å². The fraction of sp³-hybridized carbons (Fsp3) is 0.381. The highest BCUT2D eigenvalue weighted by atomic mass is 32.2. The molecule has 1 aromatic carbocycles. The van der Waals surface area contributed by atoms with Crippen molar-refractivity contribution in [1.82, 2.24) is 14.8 Å². The van der Waals surface area contributed by atoms with Crippen molar-refractivity contribution in [2.75, 3.05) is 43.0 Å².